The van der Waals surface area contributed by atoms with Gasteiger partial charge in [0.15, 0.2) is 17.4 Å². The number of ether oxygens (including phenoxy) is 1. The number of halogens is 2. The van der Waals surface area contributed by atoms with Gasteiger partial charge in [-0.25, -0.2) is 8.78 Å². The number of Topliss-reactive ketones (excluding diaryl/α,β-unsaturated/α-hetero) is 1. The van der Waals surface area contributed by atoms with E-state index in [1.54, 1.807) is 12.1 Å². The van der Waals surface area contributed by atoms with Crippen molar-refractivity contribution in [3.05, 3.63) is 59.2 Å². The number of nitrogen functional groups attached to an aromatic ring is 1. The molecule has 0 spiro atoms. The van der Waals surface area contributed by atoms with Crippen LogP contribution in [0.25, 0.3) is 0 Å². The Morgan fingerprint density at radius 3 is 2.60 bits per heavy atom. The molecule has 20 heavy (non-hydrogen) atoms. The number of ketones is 1. The Morgan fingerprint density at radius 1 is 1.20 bits per heavy atom. The maximum absolute atomic E-state index is 13.5. The summed E-state index contributed by atoms with van der Waals surface area (Å²) in [6, 6.07) is 8.49. The second kappa shape index (κ2) is 5.69. The van der Waals surface area contributed by atoms with Crippen LogP contribution >= 0.6 is 0 Å². The van der Waals surface area contributed by atoms with Gasteiger partial charge in [0.05, 0.1) is 12.8 Å². The fourth-order valence-corrected chi connectivity index (χ4v) is 1.92. The van der Waals surface area contributed by atoms with Crippen LogP contribution in [-0.2, 0) is 6.42 Å². The Labute approximate surface area is 115 Å². The third-order valence-electron chi connectivity index (χ3n) is 2.97. The van der Waals surface area contributed by atoms with Crippen LogP contribution in [0.1, 0.15) is 15.9 Å². The van der Waals surface area contributed by atoms with Crippen LogP contribution in [0, 0.1) is 11.6 Å². The lowest BCUT2D eigenvalue weighted by molar-refractivity contribution is 0.0992. The van der Waals surface area contributed by atoms with E-state index in [1.807, 2.05) is 0 Å². The molecule has 104 valence electrons. The van der Waals surface area contributed by atoms with E-state index in [0.717, 1.165) is 6.07 Å². The van der Waals surface area contributed by atoms with Gasteiger partial charge in [-0.3, -0.25) is 4.79 Å². The number of carbonyl (C=O) groups excluding carboxylic acids is 1. The number of hydrogen-bond acceptors (Lipinski definition) is 3. The first-order valence-electron chi connectivity index (χ1n) is 5.93. The third-order valence-corrected chi connectivity index (χ3v) is 2.97. The molecule has 0 amide bonds. The number of methoxy groups -OCH3 is 1. The predicted molar refractivity (Wildman–Crippen MR) is 71.8 cm³/mol. The molecule has 2 aromatic carbocycles. The van der Waals surface area contributed by atoms with Gasteiger partial charge < -0.3 is 10.5 Å². The van der Waals surface area contributed by atoms with E-state index in [1.165, 1.54) is 25.3 Å². The van der Waals surface area contributed by atoms with Gasteiger partial charge in [0.1, 0.15) is 5.75 Å². The van der Waals surface area contributed by atoms with Crippen molar-refractivity contribution in [2.24, 2.45) is 0 Å². The molecule has 5 heteroatoms. The molecular weight excluding hydrogens is 264 g/mol. The van der Waals surface area contributed by atoms with Gasteiger partial charge in [0, 0.05) is 12.0 Å². The van der Waals surface area contributed by atoms with Crippen molar-refractivity contribution in [3.63, 3.8) is 0 Å². The Bertz CT molecular complexity index is 656. The van der Waals surface area contributed by atoms with Crippen LogP contribution in [0.15, 0.2) is 36.4 Å². The Kier molecular flexibility index (Phi) is 3.98. The van der Waals surface area contributed by atoms with E-state index in [-0.39, 0.29) is 23.2 Å². The first-order valence-corrected chi connectivity index (χ1v) is 5.93. The number of anilines is 1. The Hall–Kier alpha value is -2.43. The van der Waals surface area contributed by atoms with Crippen molar-refractivity contribution >= 4 is 11.5 Å². The van der Waals surface area contributed by atoms with Gasteiger partial charge >= 0.3 is 0 Å². The van der Waals surface area contributed by atoms with E-state index in [4.69, 9.17) is 10.5 Å². The highest BCUT2D eigenvalue weighted by Crippen LogP contribution is 2.26. The quantitative estimate of drug-likeness (QED) is 0.690. The number of para-hydroxylation sites is 1. The fourth-order valence-electron chi connectivity index (χ4n) is 1.92. The molecule has 2 rings (SSSR count). The zero-order valence-electron chi connectivity index (χ0n) is 10.8. The van der Waals surface area contributed by atoms with Crippen molar-refractivity contribution < 1.29 is 18.3 Å². The number of hydrogen-bond donors (Lipinski definition) is 1. The summed E-state index contributed by atoms with van der Waals surface area (Å²) in [6.07, 6.45) is -0.263. The van der Waals surface area contributed by atoms with Crippen LogP contribution in [0.5, 0.6) is 5.75 Å². The minimum atomic E-state index is -1.01. The first kappa shape index (κ1) is 14.0. The van der Waals surface area contributed by atoms with Crippen LogP contribution in [0.3, 0.4) is 0 Å². The molecule has 2 N–H and O–H groups in total. The summed E-state index contributed by atoms with van der Waals surface area (Å²) in [5.74, 6) is -2.02. The molecule has 3 nitrogen and oxygen atoms in total. The molecule has 0 heterocycles. The van der Waals surface area contributed by atoms with Crippen molar-refractivity contribution in [1.29, 1.82) is 0 Å². The van der Waals surface area contributed by atoms with E-state index in [9.17, 15) is 13.6 Å². The summed E-state index contributed by atoms with van der Waals surface area (Å²) in [5.41, 5.74) is 6.22. The van der Waals surface area contributed by atoms with Crippen LogP contribution < -0.4 is 10.5 Å². The molecule has 0 aromatic heterocycles. The Balaban J connectivity index is 2.31. The molecule has 2 aromatic rings. The molecule has 0 fully saturated rings. The SMILES string of the molecule is COc1cccc(C(=O)Cc2cccc(F)c2F)c1N. The van der Waals surface area contributed by atoms with Crippen LogP contribution in [0.4, 0.5) is 14.5 Å². The predicted octanol–water partition coefficient (Wildman–Crippen LogP) is 2.98. The minimum absolute atomic E-state index is 0.00257. The summed E-state index contributed by atoms with van der Waals surface area (Å²) in [6.45, 7) is 0. The topological polar surface area (TPSA) is 52.3 Å². The molecule has 0 aliphatic heterocycles. The van der Waals surface area contributed by atoms with Crippen molar-refractivity contribution in [2.75, 3.05) is 12.8 Å². The molecule has 0 saturated heterocycles. The highest BCUT2D eigenvalue weighted by atomic mass is 19.2. The maximum Gasteiger partial charge on any atom is 0.169 e. The minimum Gasteiger partial charge on any atom is -0.495 e. The zero-order valence-corrected chi connectivity index (χ0v) is 10.8. The van der Waals surface area contributed by atoms with E-state index in [2.05, 4.69) is 0 Å². The van der Waals surface area contributed by atoms with E-state index < -0.39 is 17.4 Å². The lowest BCUT2D eigenvalue weighted by atomic mass is 10.0. The van der Waals surface area contributed by atoms with Crippen molar-refractivity contribution in [1.82, 2.24) is 0 Å². The number of rotatable bonds is 4. The third kappa shape index (κ3) is 2.61. The maximum atomic E-state index is 13.5. The van der Waals surface area contributed by atoms with Gasteiger partial charge in [0.2, 0.25) is 0 Å². The van der Waals surface area contributed by atoms with Crippen molar-refractivity contribution in [2.45, 2.75) is 6.42 Å². The average Bonchev–Trinajstić information content (AvgIpc) is 2.44. The normalized spacial score (nSPS) is 10.3. The molecule has 0 bridgehead atoms. The summed E-state index contributed by atoms with van der Waals surface area (Å²) in [5, 5.41) is 0. The molecule has 0 radical (unpaired) electrons. The van der Waals surface area contributed by atoms with E-state index >= 15 is 0 Å². The number of carbonyl (C=O) groups is 1. The largest absolute Gasteiger partial charge is 0.495 e. The van der Waals surface area contributed by atoms with Gasteiger partial charge in [-0.2, -0.15) is 0 Å². The summed E-state index contributed by atoms with van der Waals surface area (Å²) < 4.78 is 31.7. The smallest absolute Gasteiger partial charge is 0.169 e. The van der Waals surface area contributed by atoms with Gasteiger partial charge in [-0.1, -0.05) is 18.2 Å². The Morgan fingerprint density at radius 2 is 1.90 bits per heavy atom. The molecular formula is C15H13F2NO2. The first-order chi connectivity index (χ1) is 9.54. The summed E-state index contributed by atoms with van der Waals surface area (Å²) in [4.78, 5) is 12.1. The molecule has 0 unspecified atom stereocenters. The summed E-state index contributed by atoms with van der Waals surface area (Å²) >= 11 is 0. The average molecular weight is 277 g/mol. The van der Waals surface area contributed by atoms with Crippen LogP contribution in [-0.4, -0.2) is 12.9 Å². The lowest BCUT2D eigenvalue weighted by Crippen LogP contribution is -2.09. The number of nitrogens with two attached hydrogens (primary N) is 1. The van der Waals surface area contributed by atoms with Gasteiger partial charge in [-0.15, -0.1) is 0 Å². The monoisotopic (exact) mass is 277 g/mol. The highest BCUT2D eigenvalue weighted by molar-refractivity contribution is 6.03. The molecule has 0 aliphatic rings. The number of benzene rings is 2. The molecule has 0 aliphatic carbocycles. The highest BCUT2D eigenvalue weighted by Gasteiger charge is 2.16. The second-order valence-corrected chi connectivity index (χ2v) is 4.23. The zero-order chi connectivity index (χ0) is 14.7. The van der Waals surface area contributed by atoms with Gasteiger partial charge in [0.25, 0.3) is 0 Å². The summed E-state index contributed by atoms with van der Waals surface area (Å²) in [7, 11) is 1.44. The van der Waals surface area contributed by atoms with Gasteiger partial charge in [-0.05, 0) is 23.8 Å². The molecule has 0 atom stereocenters. The molecule has 0 saturated carbocycles. The lowest BCUT2D eigenvalue weighted by Gasteiger charge is -2.09. The van der Waals surface area contributed by atoms with E-state index in [0.29, 0.717) is 5.75 Å². The van der Waals surface area contributed by atoms with Crippen molar-refractivity contribution in [3.8, 4) is 5.75 Å². The second-order valence-electron chi connectivity index (χ2n) is 4.23. The standard InChI is InChI=1S/C15H13F2NO2/c1-20-13-7-3-5-10(15(13)18)12(19)8-9-4-2-6-11(16)14(9)17/h2-7H,8,18H2,1H3. The fraction of sp³-hybridized carbons (Fsp3) is 0.133. The van der Waals surface area contributed by atoms with Crippen LogP contribution in [0.2, 0.25) is 0 Å².